The Kier molecular flexibility index (Phi) is 10.7. The molecule has 6 nitrogen and oxygen atoms in total. The van der Waals surface area contributed by atoms with Gasteiger partial charge in [-0.15, -0.1) is 0 Å². The third kappa shape index (κ3) is 6.21. The summed E-state index contributed by atoms with van der Waals surface area (Å²) in [5.74, 6) is 0.274. The number of nitrogens with zero attached hydrogens (tertiary/aromatic N) is 2. The fourth-order valence-corrected chi connectivity index (χ4v) is 18.2. The molecule has 0 aliphatic heterocycles. The van der Waals surface area contributed by atoms with E-state index in [1.165, 1.54) is 9.13 Å². The van der Waals surface area contributed by atoms with E-state index < -0.39 is 0 Å². The van der Waals surface area contributed by atoms with E-state index in [2.05, 4.69) is 184 Å². The molecule has 0 radical (unpaired) electrons. The van der Waals surface area contributed by atoms with Crippen molar-refractivity contribution in [1.29, 1.82) is 0 Å². The summed E-state index contributed by atoms with van der Waals surface area (Å²) in [7, 11) is 0. The molecule has 0 amide bonds. The van der Waals surface area contributed by atoms with Crippen LogP contribution in [0.25, 0.3) is 141 Å². The zero-order chi connectivity index (χ0) is 55.0. The molecule has 0 spiro atoms. The molecule has 79 heavy (non-hydrogen) atoms. The van der Waals surface area contributed by atoms with Crippen molar-refractivity contribution in [2.24, 2.45) is 0 Å². The molecule has 2 aromatic heterocycles. The molecular weight excluding hydrogens is 1310 g/mol. The summed E-state index contributed by atoms with van der Waals surface area (Å²) < 4.78 is 6.70. The van der Waals surface area contributed by atoms with Gasteiger partial charge in [0.25, 0.3) is 22.2 Å². The highest BCUT2D eigenvalue weighted by Gasteiger charge is 2.32. The smallest absolute Gasteiger partial charge is 0.267 e. The van der Waals surface area contributed by atoms with Gasteiger partial charge in [0.05, 0.1) is 32.9 Å². The van der Waals surface area contributed by atoms with E-state index in [9.17, 15) is 0 Å². The molecule has 0 aliphatic carbocycles. The number of hydrogen-bond acceptors (Lipinski definition) is 4. The molecule has 13 aromatic carbocycles. The van der Waals surface area contributed by atoms with E-state index in [1.54, 1.807) is 0 Å². The Balaban J connectivity index is 1.08. The van der Waals surface area contributed by atoms with Gasteiger partial charge in [0.1, 0.15) is 0 Å². The summed E-state index contributed by atoms with van der Waals surface area (Å²) in [6.45, 7) is 16.8. The zero-order valence-electron chi connectivity index (χ0n) is 44.0. The van der Waals surface area contributed by atoms with Gasteiger partial charge in [-0.2, -0.15) is 0 Å². The number of aromatic nitrogens is 2. The van der Waals surface area contributed by atoms with Gasteiger partial charge < -0.3 is 0 Å². The highest BCUT2D eigenvalue weighted by molar-refractivity contribution is 9.11. The van der Waals surface area contributed by atoms with Crippen molar-refractivity contribution in [3.05, 3.63) is 189 Å². The Morgan fingerprint density at radius 2 is 0.608 bits per heavy atom. The molecule has 0 bridgehead atoms. The number of hydrogen-bond donors (Lipinski definition) is 0. The molecule has 386 valence electrons. The van der Waals surface area contributed by atoms with Crippen molar-refractivity contribution in [3.63, 3.8) is 0 Å². The number of fused-ring (bicyclic) bond motifs is 10. The summed E-state index contributed by atoms with van der Waals surface area (Å²) in [6, 6.07) is 36.0. The molecule has 0 fully saturated rings. The van der Waals surface area contributed by atoms with E-state index >= 15 is 19.2 Å². The van der Waals surface area contributed by atoms with Crippen LogP contribution in [0.1, 0.15) is 101 Å². The number of para-hydroxylation sites is 2. The van der Waals surface area contributed by atoms with Crippen LogP contribution in [0.3, 0.4) is 0 Å². The fraction of sp³-hybridized carbons (Fsp3) is 0.176. The van der Waals surface area contributed by atoms with Gasteiger partial charge in [-0.05, 0) is 150 Å². The Morgan fingerprint density at radius 1 is 0.278 bits per heavy atom. The first-order valence-corrected chi connectivity index (χ1v) is 30.7. The summed E-state index contributed by atoms with van der Waals surface area (Å²) in [6.07, 6.45) is 0. The summed E-state index contributed by atoms with van der Waals surface area (Å²) >= 11 is 20.0. The number of halogens is 5. The van der Waals surface area contributed by atoms with Crippen molar-refractivity contribution in [3.8, 4) is 11.4 Å². The molecule has 0 aliphatic rings. The Morgan fingerprint density at radius 3 is 1.06 bits per heavy atom. The predicted octanol–water partition coefficient (Wildman–Crippen LogP) is 20.0. The van der Waals surface area contributed by atoms with E-state index in [1.807, 2.05) is 54.6 Å². The molecule has 11 heteroatoms. The van der Waals surface area contributed by atoms with Gasteiger partial charge in [-0.25, -0.2) is 9.13 Å². The van der Waals surface area contributed by atoms with Gasteiger partial charge >= 0.3 is 0 Å². The van der Waals surface area contributed by atoms with Crippen LogP contribution in [0.2, 0.25) is 0 Å². The average molecular weight is 1350 g/mol. The standard InChI is InChI=1S/C68H45Br5N2O4/c1-26(2)30-11-9-12-31(27(3)4)63(30)74-65(76)43-23-42-38-16-15-34-36-18-21-40-51-41(22-19-37(49(36)51)35-17-20-39(50(38)48(34)35)52-44(69)24-46(71)57(54(42)52)56(43)66(74)77)55-59-53(40)45(70)25-47(72)58(59)60-61(62(55)73)68(79)75(67(60)78)64-32(28(5)6)13-10-14-33(64)29(7)8/h9-29H,1-8H3. The molecule has 0 unspecified atom stereocenters. The SMILES string of the molecule is CC(C)c1cccc(C(C)C)c1-n1c(=O)c2cc3c4ccc5c6ccc7c8c(Br)cc(Br)c9c%10c(=O)n(-c%11c(C(C)C)cccc%11C(C)C)c(=O)c%10c(Br)c(c%10ccc(c%11ccc(c%12c(Br)cc(Br)c(c2c1=O)c3%12)c4c5%11)c6c7%10)c89. The third-order valence-corrected chi connectivity index (χ3v) is 20.8. The number of benzene rings is 13. The van der Waals surface area contributed by atoms with Crippen molar-refractivity contribution >= 4 is 209 Å². The average Bonchev–Trinajstić information content (AvgIpc) is 3.98. The highest BCUT2D eigenvalue weighted by atomic mass is 79.9. The Bertz CT molecular complexity index is 5470. The highest BCUT2D eigenvalue weighted by Crippen LogP contribution is 2.55. The topological polar surface area (TPSA) is 78.1 Å². The van der Waals surface area contributed by atoms with Crippen molar-refractivity contribution in [2.45, 2.75) is 79.1 Å². The Labute approximate surface area is 493 Å². The Hall–Kier alpha value is -6.08. The molecule has 0 saturated heterocycles. The van der Waals surface area contributed by atoms with E-state index in [4.69, 9.17) is 0 Å². The first-order valence-electron chi connectivity index (χ1n) is 26.7. The predicted molar refractivity (Wildman–Crippen MR) is 351 cm³/mol. The lowest BCUT2D eigenvalue weighted by molar-refractivity contribution is 0.795. The second-order valence-electron chi connectivity index (χ2n) is 22.9. The van der Waals surface area contributed by atoms with Gasteiger partial charge in [0.15, 0.2) is 0 Å². The van der Waals surface area contributed by atoms with Crippen LogP contribution < -0.4 is 22.2 Å². The maximum Gasteiger partial charge on any atom is 0.267 e. The van der Waals surface area contributed by atoms with Crippen molar-refractivity contribution in [1.82, 2.24) is 9.13 Å². The fourth-order valence-electron chi connectivity index (χ4n) is 14.3. The first kappa shape index (κ1) is 49.9. The van der Waals surface area contributed by atoms with Gasteiger partial charge in [0.2, 0.25) is 0 Å². The molecule has 0 atom stereocenters. The van der Waals surface area contributed by atoms with Crippen LogP contribution >= 0.6 is 79.6 Å². The van der Waals surface area contributed by atoms with Crippen LogP contribution in [-0.4, -0.2) is 9.13 Å². The second kappa shape index (κ2) is 17.0. The minimum atomic E-state index is -0.343. The maximum absolute atomic E-state index is 15.4. The molecule has 0 N–H and O–H groups in total. The van der Waals surface area contributed by atoms with Crippen LogP contribution in [0.4, 0.5) is 0 Å². The minimum absolute atomic E-state index is 0.0623. The summed E-state index contributed by atoms with van der Waals surface area (Å²) in [5, 5.41) is 21.3. The van der Waals surface area contributed by atoms with E-state index in [-0.39, 0.29) is 45.9 Å². The first-order chi connectivity index (χ1) is 37.8. The quantitative estimate of drug-likeness (QED) is 0.123. The van der Waals surface area contributed by atoms with Gasteiger partial charge in [-0.1, -0.05) is 204 Å². The second-order valence-corrected chi connectivity index (χ2v) is 27.1. The third-order valence-electron chi connectivity index (χ3n) is 17.5. The summed E-state index contributed by atoms with van der Waals surface area (Å²) in [4.78, 5) is 61.1. The van der Waals surface area contributed by atoms with Gasteiger partial charge in [0, 0.05) is 60.1 Å². The zero-order valence-corrected chi connectivity index (χ0v) is 52.0. The van der Waals surface area contributed by atoms with E-state index in [0.717, 1.165) is 142 Å². The minimum Gasteiger partial charge on any atom is -0.268 e. The lowest BCUT2D eigenvalue weighted by Gasteiger charge is -2.23. The van der Waals surface area contributed by atoms with Crippen molar-refractivity contribution < 1.29 is 0 Å². The molecule has 15 aromatic rings. The largest absolute Gasteiger partial charge is 0.268 e. The normalized spacial score (nSPS) is 13.0. The summed E-state index contributed by atoms with van der Waals surface area (Å²) in [5.41, 5.74) is 3.89. The molecule has 2 heterocycles. The molecular formula is C68H45Br5N2O4. The monoisotopic (exact) mass is 1350 g/mol. The van der Waals surface area contributed by atoms with Crippen LogP contribution in [0, 0.1) is 0 Å². The lowest BCUT2D eigenvalue weighted by Crippen LogP contribution is -2.26. The number of rotatable bonds is 6. The lowest BCUT2D eigenvalue weighted by atomic mass is 9.81. The van der Waals surface area contributed by atoms with Crippen LogP contribution in [-0.2, 0) is 0 Å². The van der Waals surface area contributed by atoms with Gasteiger partial charge in [-0.3, -0.25) is 19.2 Å². The molecule has 0 saturated carbocycles. The van der Waals surface area contributed by atoms with Crippen LogP contribution in [0.15, 0.2) is 145 Å². The van der Waals surface area contributed by atoms with Crippen LogP contribution in [0.5, 0.6) is 0 Å². The molecule has 15 rings (SSSR count). The van der Waals surface area contributed by atoms with Crippen molar-refractivity contribution in [2.75, 3.05) is 0 Å². The van der Waals surface area contributed by atoms with E-state index in [0.29, 0.717) is 42.8 Å². The maximum atomic E-state index is 15.4.